The highest BCUT2D eigenvalue weighted by molar-refractivity contribution is 6.34. The monoisotopic (exact) mass is 498 g/mol. The smallest absolute Gasteiger partial charge is 0.257 e. The average Bonchev–Trinajstić information content (AvgIpc) is 2.80. The predicted molar refractivity (Wildman–Crippen MR) is 132 cm³/mol. The summed E-state index contributed by atoms with van der Waals surface area (Å²) in [5, 5.41) is 5.88. The van der Waals surface area contributed by atoms with E-state index >= 15 is 0 Å². The van der Waals surface area contributed by atoms with Crippen LogP contribution in [0.5, 0.6) is 0 Å². The zero-order valence-electron chi connectivity index (χ0n) is 17.6. The van der Waals surface area contributed by atoms with E-state index in [0.717, 1.165) is 0 Å². The number of carbonyl (C=O) groups is 2. The summed E-state index contributed by atoms with van der Waals surface area (Å²) < 4.78 is 25.8. The Morgan fingerprint density at radius 2 is 0.941 bits per heavy atom. The lowest BCUT2D eigenvalue weighted by molar-refractivity contribution is 0.101. The van der Waals surface area contributed by atoms with Crippen molar-refractivity contribution in [3.05, 3.63) is 130 Å². The van der Waals surface area contributed by atoms with Gasteiger partial charge >= 0.3 is 0 Å². The lowest BCUT2D eigenvalue weighted by atomic mass is 10.2. The fourth-order valence-corrected chi connectivity index (χ4v) is 3.26. The molecule has 0 aliphatic rings. The topological polar surface area (TPSA) is 58.2 Å². The molecule has 2 amide bonds. The standard InChI is InChI=1S/2C13H9ClFNO/c2*14-12-7-2-1-6-11(12)13(17)16-10-5-3-4-9(15)8-10/h2*1-8H,(H,16,17). The number of hydrogen-bond acceptors (Lipinski definition) is 2. The van der Waals surface area contributed by atoms with Crippen LogP contribution in [0, 0.1) is 11.6 Å². The van der Waals surface area contributed by atoms with Crippen LogP contribution in [-0.4, -0.2) is 11.8 Å². The van der Waals surface area contributed by atoms with Gasteiger partial charge in [0.1, 0.15) is 11.6 Å². The fourth-order valence-electron chi connectivity index (χ4n) is 2.82. The molecule has 8 heteroatoms. The fraction of sp³-hybridized carbons (Fsp3) is 0. The Hall–Kier alpha value is -3.74. The SMILES string of the molecule is O=C(Nc1cccc(F)c1)c1ccccc1Cl.O=C(Nc1cccc(F)c1)c1ccccc1Cl. The van der Waals surface area contributed by atoms with Gasteiger partial charge in [0, 0.05) is 11.4 Å². The quantitative estimate of drug-likeness (QED) is 0.306. The van der Waals surface area contributed by atoms with Gasteiger partial charge in [-0.1, -0.05) is 59.6 Å². The zero-order valence-corrected chi connectivity index (χ0v) is 19.1. The summed E-state index contributed by atoms with van der Waals surface area (Å²) in [6, 6.07) is 24.8. The van der Waals surface area contributed by atoms with E-state index in [1.165, 1.54) is 36.4 Å². The minimum Gasteiger partial charge on any atom is -0.322 e. The van der Waals surface area contributed by atoms with Gasteiger partial charge in [0.2, 0.25) is 0 Å². The van der Waals surface area contributed by atoms with E-state index < -0.39 is 11.6 Å². The maximum atomic E-state index is 12.9. The molecule has 172 valence electrons. The first kappa shape index (κ1) is 24.9. The number of carbonyl (C=O) groups excluding carboxylic acids is 2. The summed E-state index contributed by atoms with van der Waals surface area (Å²) in [7, 11) is 0. The van der Waals surface area contributed by atoms with Crippen LogP contribution < -0.4 is 10.6 Å². The lowest BCUT2D eigenvalue weighted by Gasteiger charge is -2.06. The Labute approximate surface area is 205 Å². The Kier molecular flexibility index (Phi) is 8.73. The second-order valence-electron chi connectivity index (χ2n) is 6.89. The Bertz CT molecular complexity index is 1210. The second kappa shape index (κ2) is 11.9. The van der Waals surface area contributed by atoms with Gasteiger partial charge in [0.25, 0.3) is 11.8 Å². The van der Waals surface area contributed by atoms with Crippen LogP contribution in [0.2, 0.25) is 10.0 Å². The van der Waals surface area contributed by atoms with Crippen molar-refractivity contribution in [1.29, 1.82) is 0 Å². The Morgan fingerprint density at radius 1 is 0.559 bits per heavy atom. The second-order valence-corrected chi connectivity index (χ2v) is 7.70. The maximum Gasteiger partial charge on any atom is 0.257 e. The van der Waals surface area contributed by atoms with E-state index in [1.54, 1.807) is 60.7 Å². The number of amides is 2. The highest BCUT2D eigenvalue weighted by Gasteiger charge is 2.10. The highest BCUT2D eigenvalue weighted by Crippen LogP contribution is 2.18. The number of hydrogen-bond donors (Lipinski definition) is 2. The minimum atomic E-state index is -0.401. The first-order chi connectivity index (χ1) is 16.3. The van der Waals surface area contributed by atoms with Crippen LogP contribution in [0.1, 0.15) is 20.7 Å². The van der Waals surface area contributed by atoms with E-state index in [0.29, 0.717) is 32.5 Å². The van der Waals surface area contributed by atoms with Crippen molar-refractivity contribution in [2.75, 3.05) is 10.6 Å². The van der Waals surface area contributed by atoms with Gasteiger partial charge in [0.15, 0.2) is 0 Å². The molecule has 0 radical (unpaired) electrons. The predicted octanol–water partition coefficient (Wildman–Crippen LogP) is 7.46. The van der Waals surface area contributed by atoms with Crippen molar-refractivity contribution < 1.29 is 18.4 Å². The van der Waals surface area contributed by atoms with Gasteiger partial charge in [-0.3, -0.25) is 9.59 Å². The van der Waals surface area contributed by atoms with Crippen molar-refractivity contribution >= 4 is 46.4 Å². The number of halogens is 4. The van der Waals surface area contributed by atoms with E-state index in [1.807, 2.05) is 0 Å². The van der Waals surface area contributed by atoms with Crippen LogP contribution in [0.25, 0.3) is 0 Å². The van der Waals surface area contributed by atoms with Crippen LogP contribution in [0.15, 0.2) is 97.1 Å². The molecule has 0 aromatic heterocycles. The normalized spacial score (nSPS) is 10.0. The van der Waals surface area contributed by atoms with Gasteiger partial charge in [-0.2, -0.15) is 0 Å². The molecule has 0 saturated heterocycles. The van der Waals surface area contributed by atoms with Gasteiger partial charge in [-0.05, 0) is 60.7 Å². The number of anilines is 2. The summed E-state index contributed by atoms with van der Waals surface area (Å²) in [6.07, 6.45) is 0. The molecule has 4 rings (SSSR count). The van der Waals surface area contributed by atoms with Crippen LogP contribution in [0.4, 0.5) is 20.2 Å². The molecular weight excluding hydrogens is 481 g/mol. The third-order valence-electron chi connectivity index (χ3n) is 4.40. The third-order valence-corrected chi connectivity index (χ3v) is 5.06. The highest BCUT2D eigenvalue weighted by atomic mass is 35.5. The van der Waals surface area contributed by atoms with Crippen LogP contribution in [0.3, 0.4) is 0 Å². The minimum absolute atomic E-state index is 0.360. The summed E-state index contributed by atoms with van der Waals surface area (Å²) >= 11 is 11.8. The zero-order chi connectivity index (χ0) is 24.5. The molecule has 0 aliphatic carbocycles. The van der Waals surface area contributed by atoms with E-state index in [9.17, 15) is 18.4 Å². The summed E-state index contributed by atoms with van der Waals surface area (Å²) in [4.78, 5) is 23.7. The molecule has 4 nitrogen and oxygen atoms in total. The van der Waals surface area contributed by atoms with Crippen molar-refractivity contribution in [3.63, 3.8) is 0 Å². The molecule has 4 aromatic rings. The van der Waals surface area contributed by atoms with Crippen molar-refractivity contribution in [3.8, 4) is 0 Å². The molecule has 0 aliphatic heterocycles. The number of benzene rings is 4. The van der Waals surface area contributed by atoms with Gasteiger partial charge in [-0.25, -0.2) is 8.78 Å². The molecule has 0 unspecified atom stereocenters. The summed E-state index contributed by atoms with van der Waals surface area (Å²) in [6.45, 7) is 0. The first-order valence-corrected chi connectivity index (χ1v) is 10.7. The van der Waals surface area contributed by atoms with E-state index in [2.05, 4.69) is 10.6 Å². The molecule has 4 aromatic carbocycles. The molecule has 34 heavy (non-hydrogen) atoms. The molecule has 0 spiro atoms. The first-order valence-electron chi connectivity index (χ1n) is 9.96. The van der Waals surface area contributed by atoms with E-state index in [-0.39, 0.29) is 11.8 Å². The third kappa shape index (κ3) is 7.13. The van der Waals surface area contributed by atoms with Crippen molar-refractivity contribution in [2.45, 2.75) is 0 Å². The molecule has 2 N–H and O–H groups in total. The molecule has 0 heterocycles. The largest absolute Gasteiger partial charge is 0.322 e. The van der Waals surface area contributed by atoms with Gasteiger partial charge < -0.3 is 10.6 Å². The summed E-state index contributed by atoms with van der Waals surface area (Å²) in [5.74, 6) is -1.52. The molecule has 0 bridgehead atoms. The van der Waals surface area contributed by atoms with Crippen molar-refractivity contribution in [1.82, 2.24) is 0 Å². The van der Waals surface area contributed by atoms with Crippen LogP contribution in [-0.2, 0) is 0 Å². The lowest BCUT2D eigenvalue weighted by Crippen LogP contribution is -2.12. The maximum absolute atomic E-state index is 12.9. The Balaban J connectivity index is 0.000000191. The molecule has 0 atom stereocenters. The van der Waals surface area contributed by atoms with Gasteiger partial charge in [-0.15, -0.1) is 0 Å². The van der Waals surface area contributed by atoms with E-state index in [4.69, 9.17) is 23.2 Å². The van der Waals surface area contributed by atoms with Crippen LogP contribution >= 0.6 is 23.2 Å². The Morgan fingerprint density at radius 3 is 1.29 bits per heavy atom. The number of rotatable bonds is 4. The average molecular weight is 499 g/mol. The molecule has 0 saturated carbocycles. The molecular formula is C26H18Cl2F2N2O2. The molecule has 0 fully saturated rings. The summed E-state index contributed by atoms with van der Waals surface area (Å²) in [5.41, 5.74) is 1.52. The number of nitrogens with one attached hydrogen (secondary N) is 2. The van der Waals surface area contributed by atoms with Gasteiger partial charge in [0.05, 0.1) is 21.2 Å². The van der Waals surface area contributed by atoms with Crippen molar-refractivity contribution in [2.24, 2.45) is 0 Å².